The summed E-state index contributed by atoms with van der Waals surface area (Å²) in [5, 5.41) is 6.97. The highest BCUT2D eigenvalue weighted by Crippen LogP contribution is 2.17. The maximum atomic E-state index is 5.93. The summed E-state index contributed by atoms with van der Waals surface area (Å²) in [5.74, 6) is 2.00. The van der Waals surface area contributed by atoms with Crippen LogP contribution in [0, 0.1) is 0 Å². The standard InChI is InChI=1S/C21H35N5O2.HI/c1-2-22-21(24-12-5-15-28-19-9-16-27-17-10-19)25-18-7-13-26(14-8-18)20-6-3-4-11-23-20;/h3-4,6,11,18-19H,2,5,7-10,12-17H2,1H3,(H2,22,24,25);1H. The van der Waals surface area contributed by atoms with Crippen molar-refractivity contribution in [2.45, 2.75) is 51.2 Å². The van der Waals surface area contributed by atoms with Gasteiger partial charge in [0.15, 0.2) is 5.96 Å². The summed E-state index contributed by atoms with van der Waals surface area (Å²) in [6.07, 6.45) is 7.40. The summed E-state index contributed by atoms with van der Waals surface area (Å²) in [7, 11) is 0. The van der Waals surface area contributed by atoms with Crippen molar-refractivity contribution < 1.29 is 9.47 Å². The molecule has 0 amide bonds. The molecular formula is C21H36IN5O2. The number of rotatable bonds is 8. The molecule has 7 nitrogen and oxygen atoms in total. The molecule has 0 saturated carbocycles. The van der Waals surface area contributed by atoms with E-state index in [2.05, 4.69) is 33.5 Å². The minimum atomic E-state index is 0. The Morgan fingerprint density at radius 3 is 2.72 bits per heavy atom. The Morgan fingerprint density at radius 1 is 1.24 bits per heavy atom. The third-order valence-electron chi connectivity index (χ3n) is 5.25. The summed E-state index contributed by atoms with van der Waals surface area (Å²) in [4.78, 5) is 11.5. The van der Waals surface area contributed by atoms with Gasteiger partial charge in [-0.3, -0.25) is 4.99 Å². The maximum Gasteiger partial charge on any atom is 0.191 e. The van der Waals surface area contributed by atoms with Gasteiger partial charge < -0.3 is 25.0 Å². The smallest absolute Gasteiger partial charge is 0.191 e. The third kappa shape index (κ3) is 8.64. The molecule has 2 N–H and O–H groups in total. The zero-order valence-corrected chi connectivity index (χ0v) is 19.8. The normalized spacial score (nSPS) is 18.9. The molecule has 3 heterocycles. The first-order valence-electron chi connectivity index (χ1n) is 10.8. The number of aromatic nitrogens is 1. The van der Waals surface area contributed by atoms with E-state index < -0.39 is 0 Å². The van der Waals surface area contributed by atoms with Crippen LogP contribution in [0.3, 0.4) is 0 Å². The van der Waals surface area contributed by atoms with Crippen molar-refractivity contribution in [3.8, 4) is 0 Å². The second kappa shape index (κ2) is 14.0. The Balaban J connectivity index is 0.00000300. The largest absolute Gasteiger partial charge is 0.381 e. The molecule has 0 spiro atoms. The second-order valence-corrected chi connectivity index (χ2v) is 7.39. The fourth-order valence-electron chi connectivity index (χ4n) is 3.66. The van der Waals surface area contributed by atoms with Crippen molar-refractivity contribution in [1.82, 2.24) is 15.6 Å². The average molecular weight is 517 g/mol. The number of guanidine groups is 1. The Morgan fingerprint density at radius 2 is 2.03 bits per heavy atom. The van der Waals surface area contributed by atoms with Gasteiger partial charge in [-0.15, -0.1) is 24.0 Å². The van der Waals surface area contributed by atoms with Crippen LogP contribution in [0.2, 0.25) is 0 Å². The summed E-state index contributed by atoms with van der Waals surface area (Å²) in [6, 6.07) is 6.55. The van der Waals surface area contributed by atoms with Crippen molar-refractivity contribution in [2.24, 2.45) is 4.99 Å². The monoisotopic (exact) mass is 517 g/mol. The van der Waals surface area contributed by atoms with Crippen LogP contribution in [-0.2, 0) is 9.47 Å². The predicted octanol–water partition coefficient (Wildman–Crippen LogP) is 2.81. The van der Waals surface area contributed by atoms with E-state index in [4.69, 9.17) is 14.5 Å². The molecule has 0 aliphatic carbocycles. The van der Waals surface area contributed by atoms with Gasteiger partial charge in [0, 0.05) is 58.2 Å². The first kappa shape index (κ1) is 24.1. The molecule has 2 fully saturated rings. The SMILES string of the molecule is CCNC(=NCCCOC1CCOCC1)NC1CCN(c2ccccn2)CC1.I. The molecule has 29 heavy (non-hydrogen) atoms. The Bertz CT molecular complexity index is 576. The molecule has 1 aromatic rings. The lowest BCUT2D eigenvalue weighted by molar-refractivity contribution is -0.0318. The number of hydrogen-bond acceptors (Lipinski definition) is 5. The zero-order valence-electron chi connectivity index (χ0n) is 17.5. The number of aliphatic imine (C=N–C) groups is 1. The molecule has 0 radical (unpaired) electrons. The first-order valence-corrected chi connectivity index (χ1v) is 10.8. The van der Waals surface area contributed by atoms with Gasteiger partial charge in [0.25, 0.3) is 0 Å². The number of hydrogen-bond donors (Lipinski definition) is 2. The van der Waals surface area contributed by atoms with Crippen LogP contribution in [-0.4, -0.2) is 69.1 Å². The lowest BCUT2D eigenvalue weighted by Gasteiger charge is -2.33. The highest BCUT2D eigenvalue weighted by atomic mass is 127. The molecule has 164 valence electrons. The topological polar surface area (TPSA) is 71.0 Å². The molecule has 2 saturated heterocycles. The number of piperidine rings is 1. The fourth-order valence-corrected chi connectivity index (χ4v) is 3.66. The van der Waals surface area contributed by atoms with Crippen LogP contribution in [0.4, 0.5) is 5.82 Å². The Kier molecular flexibility index (Phi) is 11.6. The predicted molar refractivity (Wildman–Crippen MR) is 128 cm³/mol. The summed E-state index contributed by atoms with van der Waals surface area (Å²) in [5.41, 5.74) is 0. The van der Waals surface area contributed by atoms with Crippen molar-refractivity contribution in [3.05, 3.63) is 24.4 Å². The molecule has 1 aromatic heterocycles. The minimum Gasteiger partial charge on any atom is -0.381 e. The highest BCUT2D eigenvalue weighted by molar-refractivity contribution is 14.0. The summed E-state index contributed by atoms with van der Waals surface area (Å²) < 4.78 is 11.3. The van der Waals surface area contributed by atoms with Crippen LogP contribution >= 0.6 is 24.0 Å². The van der Waals surface area contributed by atoms with E-state index >= 15 is 0 Å². The van der Waals surface area contributed by atoms with Gasteiger partial charge in [-0.1, -0.05) is 6.07 Å². The Labute approximate surface area is 192 Å². The van der Waals surface area contributed by atoms with Gasteiger partial charge in [-0.25, -0.2) is 4.98 Å². The van der Waals surface area contributed by atoms with E-state index in [0.29, 0.717) is 12.1 Å². The summed E-state index contributed by atoms with van der Waals surface area (Å²) in [6.45, 7) is 8.24. The molecule has 2 aliphatic heterocycles. The molecular weight excluding hydrogens is 481 g/mol. The average Bonchev–Trinajstić information content (AvgIpc) is 2.75. The van der Waals surface area contributed by atoms with Crippen LogP contribution in [0.1, 0.15) is 39.0 Å². The highest BCUT2D eigenvalue weighted by Gasteiger charge is 2.20. The van der Waals surface area contributed by atoms with Crippen molar-refractivity contribution >= 4 is 35.8 Å². The van der Waals surface area contributed by atoms with Crippen LogP contribution in [0.5, 0.6) is 0 Å². The van der Waals surface area contributed by atoms with E-state index in [9.17, 15) is 0 Å². The van der Waals surface area contributed by atoms with Crippen LogP contribution in [0.15, 0.2) is 29.4 Å². The second-order valence-electron chi connectivity index (χ2n) is 7.39. The quantitative estimate of drug-likeness (QED) is 0.239. The number of pyridine rings is 1. The molecule has 0 bridgehead atoms. The Hall–Kier alpha value is -1.13. The van der Waals surface area contributed by atoms with Gasteiger partial charge in [-0.2, -0.15) is 0 Å². The lowest BCUT2D eigenvalue weighted by Crippen LogP contribution is -2.49. The van der Waals surface area contributed by atoms with Gasteiger partial charge >= 0.3 is 0 Å². The molecule has 2 aliphatic rings. The first-order chi connectivity index (χ1) is 13.8. The third-order valence-corrected chi connectivity index (χ3v) is 5.25. The van der Waals surface area contributed by atoms with Gasteiger partial charge in [0.05, 0.1) is 6.10 Å². The molecule has 0 unspecified atom stereocenters. The molecule has 0 atom stereocenters. The zero-order chi connectivity index (χ0) is 19.4. The van der Waals surface area contributed by atoms with E-state index in [1.54, 1.807) is 0 Å². The van der Waals surface area contributed by atoms with Gasteiger partial charge in [-0.05, 0) is 51.2 Å². The van der Waals surface area contributed by atoms with E-state index in [1.807, 2.05) is 18.3 Å². The number of anilines is 1. The van der Waals surface area contributed by atoms with Gasteiger partial charge in [0.2, 0.25) is 0 Å². The van der Waals surface area contributed by atoms with Crippen LogP contribution in [0.25, 0.3) is 0 Å². The maximum absolute atomic E-state index is 5.93. The number of halogens is 1. The van der Waals surface area contributed by atoms with E-state index in [-0.39, 0.29) is 24.0 Å². The van der Waals surface area contributed by atoms with Crippen molar-refractivity contribution in [3.63, 3.8) is 0 Å². The number of nitrogens with one attached hydrogen (secondary N) is 2. The van der Waals surface area contributed by atoms with E-state index in [0.717, 1.165) is 89.9 Å². The van der Waals surface area contributed by atoms with E-state index in [1.165, 1.54) is 0 Å². The van der Waals surface area contributed by atoms with Crippen molar-refractivity contribution in [1.29, 1.82) is 0 Å². The number of ether oxygens (including phenoxy) is 2. The summed E-state index contributed by atoms with van der Waals surface area (Å²) >= 11 is 0. The molecule has 0 aromatic carbocycles. The van der Waals surface area contributed by atoms with Crippen molar-refractivity contribution in [2.75, 3.05) is 50.9 Å². The lowest BCUT2D eigenvalue weighted by atomic mass is 10.1. The van der Waals surface area contributed by atoms with Crippen LogP contribution < -0.4 is 15.5 Å². The molecule has 3 rings (SSSR count). The minimum absolute atomic E-state index is 0. The van der Waals surface area contributed by atoms with Gasteiger partial charge in [0.1, 0.15) is 5.82 Å². The fraction of sp³-hybridized carbons (Fsp3) is 0.714. The molecule has 8 heteroatoms. The number of nitrogens with zero attached hydrogens (tertiary/aromatic N) is 3.